The molecule has 0 unspecified atom stereocenters. The normalized spacial score (nSPS) is 20.0. The van der Waals surface area contributed by atoms with Crippen molar-refractivity contribution in [1.82, 2.24) is 4.90 Å². The lowest BCUT2D eigenvalue weighted by atomic mass is 9.89. The molecule has 138 valence electrons. The van der Waals surface area contributed by atoms with Crippen LogP contribution in [0.4, 0.5) is 10.1 Å². The smallest absolute Gasteiger partial charge is 0.127 e. The molecule has 4 rings (SSSR count). The number of aliphatic hydroxyl groups is 1. The lowest BCUT2D eigenvalue weighted by molar-refractivity contribution is -0.0874. The number of hydrogen-bond acceptors (Lipinski definition) is 3. The van der Waals surface area contributed by atoms with Crippen molar-refractivity contribution in [3.8, 4) is 0 Å². The number of β-amino-alcohol motifs (C(OH)–C–C–N with tert-alkyl or cyclic N) is 1. The Bertz CT molecular complexity index is 808. The van der Waals surface area contributed by atoms with Crippen molar-refractivity contribution in [3.05, 3.63) is 63.4 Å². The predicted molar refractivity (Wildman–Crippen MR) is 104 cm³/mol. The van der Waals surface area contributed by atoms with Crippen LogP contribution in [0, 0.1) is 5.82 Å². The van der Waals surface area contributed by atoms with E-state index in [1.165, 1.54) is 0 Å². The fourth-order valence-corrected chi connectivity index (χ4v) is 4.52. The number of rotatable bonds is 4. The molecule has 2 fully saturated rings. The van der Waals surface area contributed by atoms with Crippen LogP contribution in [0.5, 0.6) is 0 Å². The fourth-order valence-electron chi connectivity index (χ4n) is 3.88. The van der Waals surface area contributed by atoms with Gasteiger partial charge < -0.3 is 10.0 Å². The lowest BCUT2D eigenvalue weighted by Crippen LogP contribution is -2.59. The molecule has 0 amide bonds. The summed E-state index contributed by atoms with van der Waals surface area (Å²) in [6, 6.07) is 11.0. The third-order valence-electron chi connectivity index (χ3n) is 5.21. The van der Waals surface area contributed by atoms with E-state index >= 15 is 0 Å². The first-order valence-corrected chi connectivity index (χ1v) is 9.50. The molecule has 6 heteroatoms. The van der Waals surface area contributed by atoms with Gasteiger partial charge in [0, 0.05) is 44.2 Å². The Morgan fingerprint density at radius 1 is 1.15 bits per heavy atom. The van der Waals surface area contributed by atoms with Gasteiger partial charge in [0.15, 0.2) is 0 Å². The molecule has 0 saturated carbocycles. The Kier molecular flexibility index (Phi) is 4.64. The highest BCUT2D eigenvalue weighted by Crippen LogP contribution is 2.40. The second-order valence-corrected chi connectivity index (χ2v) is 8.48. The Labute approximate surface area is 162 Å². The Morgan fingerprint density at radius 3 is 2.38 bits per heavy atom. The molecule has 0 aromatic heterocycles. The van der Waals surface area contributed by atoms with E-state index < -0.39 is 5.60 Å². The van der Waals surface area contributed by atoms with Crippen LogP contribution in [0.2, 0.25) is 10.0 Å². The molecule has 0 aliphatic carbocycles. The standard InChI is InChI=1S/C20H21Cl2FN2O/c1-20(26)11-24(12-20)8-14-6-5-13(7-18(14)23)15-9-25(10-15)19-16(21)3-2-4-17(19)22/h2-7,15,26H,8-12H2,1H3. The summed E-state index contributed by atoms with van der Waals surface area (Å²) in [5.74, 6) is 0.0962. The summed E-state index contributed by atoms with van der Waals surface area (Å²) >= 11 is 12.5. The zero-order valence-electron chi connectivity index (χ0n) is 14.6. The Hall–Kier alpha value is -1.33. The van der Waals surface area contributed by atoms with E-state index in [0.29, 0.717) is 35.2 Å². The Morgan fingerprint density at radius 2 is 1.81 bits per heavy atom. The molecule has 2 aliphatic rings. The molecule has 0 bridgehead atoms. The van der Waals surface area contributed by atoms with Crippen LogP contribution < -0.4 is 4.90 Å². The fraction of sp³-hybridized carbons (Fsp3) is 0.400. The number of hydrogen-bond donors (Lipinski definition) is 1. The minimum absolute atomic E-state index is 0.178. The summed E-state index contributed by atoms with van der Waals surface area (Å²) in [7, 11) is 0. The maximum Gasteiger partial charge on any atom is 0.127 e. The molecular weight excluding hydrogens is 374 g/mol. The van der Waals surface area contributed by atoms with E-state index in [4.69, 9.17) is 23.2 Å². The van der Waals surface area contributed by atoms with Crippen LogP contribution in [-0.4, -0.2) is 41.8 Å². The highest BCUT2D eigenvalue weighted by Gasteiger charge is 2.36. The first-order chi connectivity index (χ1) is 12.3. The summed E-state index contributed by atoms with van der Waals surface area (Å²) < 4.78 is 14.5. The van der Waals surface area contributed by atoms with E-state index in [-0.39, 0.29) is 11.7 Å². The van der Waals surface area contributed by atoms with Gasteiger partial charge in [-0.2, -0.15) is 0 Å². The summed E-state index contributed by atoms with van der Waals surface area (Å²) in [5.41, 5.74) is 1.90. The van der Waals surface area contributed by atoms with Gasteiger partial charge in [-0.1, -0.05) is 41.4 Å². The zero-order valence-corrected chi connectivity index (χ0v) is 16.1. The Balaban J connectivity index is 1.40. The van der Waals surface area contributed by atoms with Gasteiger partial charge in [-0.05, 0) is 30.7 Å². The van der Waals surface area contributed by atoms with Crippen LogP contribution in [0.1, 0.15) is 24.0 Å². The second-order valence-electron chi connectivity index (χ2n) is 7.67. The minimum atomic E-state index is -0.633. The van der Waals surface area contributed by atoms with Crippen LogP contribution in [0.25, 0.3) is 0 Å². The number of likely N-dealkylation sites (tertiary alicyclic amines) is 1. The van der Waals surface area contributed by atoms with Crippen LogP contribution in [-0.2, 0) is 6.54 Å². The molecule has 0 atom stereocenters. The van der Waals surface area contributed by atoms with Crippen molar-refractivity contribution < 1.29 is 9.50 Å². The molecule has 3 nitrogen and oxygen atoms in total. The number of para-hydroxylation sites is 1. The molecule has 2 heterocycles. The SMILES string of the molecule is CC1(O)CN(Cc2ccc(C3CN(c4c(Cl)cccc4Cl)C3)cc2F)C1. The number of benzene rings is 2. The first kappa shape index (κ1) is 18.1. The van der Waals surface area contributed by atoms with Crippen molar-refractivity contribution in [1.29, 1.82) is 0 Å². The molecule has 1 N–H and O–H groups in total. The quantitative estimate of drug-likeness (QED) is 0.836. The monoisotopic (exact) mass is 394 g/mol. The highest BCUT2D eigenvalue weighted by molar-refractivity contribution is 6.39. The molecule has 2 saturated heterocycles. The van der Waals surface area contributed by atoms with Gasteiger partial charge in [-0.25, -0.2) is 4.39 Å². The third kappa shape index (κ3) is 3.44. The largest absolute Gasteiger partial charge is 0.388 e. The highest BCUT2D eigenvalue weighted by atomic mass is 35.5. The second kappa shape index (κ2) is 6.68. The van der Waals surface area contributed by atoms with Crippen LogP contribution in [0.3, 0.4) is 0 Å². The van der Waals surface area contributed by atoms with Crippen molar-refractivity contribution in [3.63, 3.8) is 0 Å². The summed E-state index contributed by atoms with van der Waals surface area (Å²) in [4.78, 5) is 4.17. The van der Waals surface area contributed by atoms with Gasteiger partial charge in [0.1, 0.15) is 5.82 Å². The molecular formula is C20H21Cl2FN2O. The average Bonchev–Trinajstić information content (AvgIpc) is 2.49. The summed E-state index contributed by atoms with van der Waals surface area (Å²) in [6.45, 7) is 5.06. The first-order valence-electron chi connectivity index (χ1n) is 8.74. The lowest BCUT2D eigenvalue weighted by Gasteiger charge is -2.44. The van der Waals surface area contributed by atoms with E-state index in [0.717, 1.165) is 24.3 Å². The van der Waals surface area contributed by atoms with Crippen molar-refractivity contribution >= 4 is 28.9 Å². The minimum Gasteiger partial charge on any atom is -0.388 e. The van der Waals surface area contributed by atoms with Gasteiger partial charge in [0.05, 0.1) is 21.3 Å². The molecule has 26 heavy (non-hydrogen) atoms. The van der Waals surface area contributed by atoms with Crippen LogP contribution in [0.15, 0.2) is 36.4 Å². The maximum absolute atomic E-state index is 14.5. The van der Waals surface area contributed by atoms with Gasteiger partial charge >= 0.3 is 0 Å². The third-order valence-corrected chi connectivity index (χ3v) is 5.82. The summed E-state index contributed by atoms with van der Waals surface area (Å²) in [6.07, 6.45) is 0. The molecule has 0 spiro atoms. The van der Waals surface area contributed by atoms with Gasteiger partial charge in [-0.15, -0.1) is 0 Å². The van der Waals surface area contributed by atoms with Crippen LogP contribution >= 0.6 is 23.2 Å². The number of halogens is 3. The average molecular weight is 395 g/mol. The van der Waals surface area contributed by atoms with E-state index in [1.54, 1.807) is 13.0 Å². The van der Waals surface area contributed by atoms with Gasteiger partial charge in [-0.3, -0.25) is 4.90 Å². The summed E-state index contributed by atoms with van der Waals surface area (Å²) in [5, 5.41) is 11.1. The van der Waals surface area contributed by atoms with E-state index in [2.05, 4.69) is 4.90 Å². The molecule has 2 aliphatic heterocycles. The maximum atomic E-state index is 14.5. The van der Waals surface area contributed by atoms with Gasteiger partial charge in [0.25, 0.3) is 0 Å². The van der Waals surface area contributed by atoms with Gasteiger partial charge in [0.2, 0.25) is 0 Å². The van der Waals surface area contributed by atoms with Crippen molar-refractivity contribution in [2.24, 2.45) is 0 Å². The van der Waals surface area contributed by atoms with Crippen molar-refractivity contribution in [2.45, 2.75) is 25.0 Å². The predicted octanol–water partition coefficient (Wildman–Crippen LogP) is 4.30. The number of anilines is 1. The molecule has 2 aromatic carbocycles. The zero-order chi connectivity index (χ0) is 18.5. The van der Waals surface area contributed by atoms with E-state index in [9.17, 15) is 9.50 Å². The van der Waals surface area contributed by atoms with E-state index in [1.807, 2.05) is 35.2 Å². The molecule has 2 aromatic rings. The van der Waals surface area contributed by atoms with Crippen molar-refractivity contribution in [2.75, 3.05) is 31.1 Å². The topological polar surface area (TPSA) is 26.7 Å². The number of nitrogens with zero attached hydrogens (tertiary/aromatic N) is 2. The molecule has 0 radical (unpaired) electrons.